The lowest BCUT2D eigenvalue weighted by Crippen LogP contribution is -2.41. The summed E-state index contributed by atoms with van der Waals surface area (Å²) in [5.74, 6) is 6.81. The maximum absolute atomic E-state index is 10.8. The van der Waals surface area contributed by atoms with E-state index in [1.165, 1.54) is 0 Å². The summed E-state index contributed by atoms with van der Waals surface area (Å²) in [7, 11) is -4.52. The summed E-state index contributed by atoms with van der Waals surface area (Å²) in [5, 5.41) is 0.930. The molecule has 0 aliphatic heterocycles. The van der Waals surface area contributed by atoms with Gasteiger partial charge in [-0.25, -0.2) is 4.57 Å². The molecule has 0 saturated carbocycles. The molecule has 0 aliphatic carbocycles. The molecule has 0 fully saturated rings. The van der Waals surface area contributed by atoms with E-state index in [1.54, 1.807) is 36.5 Å². The Hall–Kier alpha value is -1.07. The first-order valence-electron chi connectivity index (χ1n) is 8.68. The fraction of sp³-hybridized carbons (Fsp3) is 0.368. The minimum atomic E-state index is -4.52. The summed E-state index contributed by atoms with van der Waals surface area (Å²) >= 11 is 13.4. The summed E-state index contributed by atoms with van der Waals surface area (Å²) in [6, 6.07) is 9.01. The molecule has 29 heavy (non-hydrogen) atoms. The highest BCUT2D eigenvalue weighted by Crippen LogP contribution is 2.37. The number of ether oxygens (including phenoxy) is 1. The van der Waals surface area contributed by atoms with Crippen molar-refractivity contribution in [3.05, 3.63) is 50.1 Å². The van der Waals surface area contributed by atoms with Gasteiger partial charge in [0, 0.05) is 22.9 Å². The van der Waals surface area contributed by atoms with E-state index in [2.05, 4.69) is 16.4 Å². The Kier molecular flexibility index (Phi) is 9.02. The smallest absolute Gasteiger partial charge is 0.469 e. The lowest BCUT2D eigenvalue weighted by Gasteiger charge is -2.24. The lowest BCUT2D eigenvalue weighted by atomic mass is 9.98. The largest absolute Gasteiger partial charge is 0.493 e. The van der Waals surface area contributed by atoms with Gasteiger partial charge in [-0.3, -0.25) is 4.52 Å². The van der Waals surface area contributed by atoms with Gasteiger partial charge in [0.05, 0.1) is 28.1 Å². The van der Waals surface area contributed by atoms with E-state index >= 15 is 0 Å². The van der Waals surface area contributed by atoms with Gasteiger partial charge in [0.15, 0.2) is 0 Å². The number of phosphoric acid groups is 1. The van der Waals surface area contributed by atoms with Gasteiger partial charge in [-0.15, -0.1) is 11.3 Å². The number of benzene rings is 1. The zero-order chi connectivity index (χ0) is 21.5. The molecule has 4 N–H and O–H groups in total. The van der Waals surface area contributed by atoms with Gasteiger partial charge in [0.25, 0.3) is 0 Å². The van der Waals surface area contributed by atoms with Crippen LogP contribution in [-0.2, 0) is 15.5 Å². The molecule has 0 spiro atoms. The van der Waals surface area contributed by atoms with E-state index < -0.39 is 13.4 Å². The van der Waals surface area contributed by atoms with Crippen LogP contribution in [0.1, 0.15) is 29.5 Å². The van der Waals surface area contributed by atoms with E-state index in [0.29, 0.717) is 41.7 Å². The Bertz CT molecular complexity index is 932. The number of thiophene rings is 1. The molecule has 0 bridgehead atoms. The molecule has 0 radical (unpaired) electrons. The Morgan fingerprint density at radius 3 is 2.69 bits per heavy atom. The van der Waals surface area contributed by atoms with Gasteiger partial charge >= 0.3 is 7.82 Å². The van der Waals surface area contributed by atoms with Crippen LogP contribution in [0.4, 0.5) is 0 Å². The van der Waals surface area contributed by atoms with Gasteiger partial charge < -0.3 is 20.3 Å². The van der Waals surface area contributed by atoms with E-state index in [4.69, 9.17) is 43.5 Å². The number of rotatable bonds is 9. The fourth-order valence-corrected chi connectivity index (χ4v) is 3.86. The topological polar surface area (TPSA) is 102 Å². The summed E-state index contributed by atoms with van der Waals surface area (Å²) in [4.78, 5) is 19.6. The van der Waals surface area contributed by atoms with Crippen molar-refractivity contribution in [1.29, 1.82) is 0 Å². The molecule has 6 nitrogen and oxygen atoms in total. The molecule has 1 unspecified atom stereocenters. The molecule has 1 aromatic heterocycles. The van der Waals surface area contributed by atoms with E-state index in [-0.39, 0.29) is 6.61 Å². The highest BCUT2D eigenvalue weighted by molar-refractivity contribution is 7.46. The molecule has 2 rings (SSSR count). The Labute approximate surface area is 184 Å². The SMILES string of the molecule is CC(N)(CCc1ccc(C#CCCOc2ccc(Cl)c(Cl)c2)s1)COP(=O)(O)O. The highest BCUT2D eigenvalue weighted by Gasteiger charge is 2.24. The molecular weight excluding hydrogens is 456 g/mol. The van der Waals surface area contributed by atoms with Crippen LogP contribution in [0, 0.1) is 11.8 Å². The van der Waals surface area contributed by atoms with E-state index in [9.17, 15) is 4.57 Å². The molecule has 0 saturated heterocycles. The van der Waals surface area contributed by atoms with Crippen LogP contribution in [0.3, 0.4) is 0 Å². The molecule has 0 aliphatic rings. The second-order valence-electron chi connectivity index (χ2n) is 6.66. The number of hydrogen-bond acceptors (Lipinski definition) is 5. The first-order valence-corrected chi connectivity index (χ1v) is 11.8. The number of hydrogen-bond donors (Lipinski definition) is 3. The highest BCUT2D eigenvalue weighted by atomic mass is 35.5. The zero-order valence-electron chi connectivity index (χ0n) is 15.7. The Morgan fingerprint density at radius 1 is 1.24 bits per heavy atom. The first kappa shape index (κ1) is 24.2. The second kappa shape index (κ2) is 10.8. The first-order chi connectivity index (χ1) is 13.5. The van der Waals surface area contributed by atoms with Crippen molar-refractivity contribution in [2.75, 3.05) is 13.2 Å². The van der Waals surface area contributed by atoms with Crippen LogP contribution < -0.4 is 10.5 Å². The van der Waals surface area contributed by atoms with Gasteiger partial charge in [0.1, 0.15) is 5.75 Å². The number of halogens is 2. The maximum Gasteiger partial charge on any atom is 0.469 e. The Morgan fingerprint density at radius 2 is 2.00 bits per heavy atom. The standard InChI is InChI=1S/C19H22Cl2NO5PS/c1-19(22,13-27-28(23,24)25)10-9-16-7-6-15(29-16)4-2-3-11-26-14-5-8-17(20)18(21)12-14/h5-8,12H,3,9-11,13,22H2,1H3,(H2,23,24,25). The minimum absolute atomic E-state index is 0.214. The molecule has 1 atom stereocenters. The van der Waals surface area contributed by atoms with Crippen molar-refractivity contribution < 1.29 is 23.6 Å². The molecule has 1 heterocycles. The van der Waals surface area contributed by atoms with Crippen molar-refractivity contribution in [1.82, 2.24) is 0 Å². The van der Waals surface area contributed by atoms with E-state index in [1.807, 2.05) is 12.1 Å². The van der Waals surface area contributed by atoms with Crippen LogP contribution in [0.25, 0.3) is 0 Å². The van der Waals surface area contributed by atoms with Crippen LogP contribution in [0.15, 0.2) is 30.3 Å². The summed E-state index contributed by atoms with van der Waals surface area (Å²) < 4.78 is 20.9. The summed E-state index contributed by atoms with van der Waals surface area (Å²) in [6.07, 6.45) is 1.76. The lowest BCUT2D eigenvalue weighted by molar-refractivity contribution is 0.154. The van der Waals surface area contributed by atoms with Crippen molar-refractivity contribution in [2.45, 2.75) is 31.7 Å². The second-order valence-corrected chi connectivity index (χ2v) is 9.88. The summed E-state index contributed by atoms with van der Waals surface area (Å²) in [5.41, 5.74) is 5.20. The fourth-order valence-electron chi connectivity index (χ4n) is 2.23. The number of nitrogens with two attached hydrogens (primary N) is 1. The van der Waals surface area contributed by atoms with Crippen LogP contribution >= 0.6 is 42.4 Å². The molecular formula is C19H22Cl2NO5PS. The van der Waals surface area contributed by atoms with E-state index in [0.717, 1.165) is 9.75 Å². The summed E-state index contributed by atoms with van der Waals surface area (Å²) in [6.45, 7) is 1.92. The van der Waals surface area contributed by atoms with Gasteiger partial charge in [-0.1, -0.05) is 35.0 Å². The predicted molar refractivity (Wildman–Crippen MR) is 117 cm³/mol. The molecule has 0 amide bonds. The number of phosphoric ester groups is 1. The Balaban J connectivity index is 1.76. The average molecular weight is 478 g/mol. The quantitative estimate of drug-likeness (QED) is 0.276. The van der Waals surface area contributed by atoms with Gasteiger partial charge in [-0.05, 0) is 44.0 Å². The zero-order valence-corrected chi connectivity index (χ0v) is 19.0. The minimum Gasteiger partial charge on any atom is -0.493 e. The van der Waals surface area contributed by atoms with Crippen molar-refractivity contribution in [2.24, 2.45) is 5.73 Å². The van der Waals surface area contributed by atoms with Crippen molar-refractivity contribution >= 4 is 42.4 Å². The van der Waals surface area contributed by atoms with Crippen molar-refractivity contribution in [3.8, 4) is 17.6 Å². The third kappa shape index (κ3) is 9.52. The monoisotopic (exact) mass is 477 g/mol. The molecule has 158 valence electrons. The number of aryl methyl sites for hydroxylation is 1. The maximum atomic E-state index is 10.8. The van der Waals surface area contributed by atoms with Crippen LogP contribution in [-0.4, -0.2) is 28.5 Å². The average Bonchev–Trinajstić information content (AvgIpc) is 3.09. The molecule has 1 aromatic carbocycles. The van der Waals surface area contributed by atoms with Gasteiger partial charge in [-0.2, -0.15) is 0 Å². The predicted octanol–water partition coefficient (Wildman–Crippen LogP) is 4.63. The van der Waals surface area contributed by atoms with Crippen molar-refractivity contribution in [3.63, 3.8) is 0 Å². The van der Waals surface area contributed by atoms with Crippen LogP contribution in [0.5, 0.6) is 5.75 Å². The third-order valence-corrected chi connectivity index (χ3v) is 6.03. The molecule has 2 aromatic rings. The van der Waals surface area contributed by atoms with Gasteiger partial charge in [0.2, 0.25) is 0 Å². The van der Waals surface area contributed by atoms with Crippen LogP contribution in [0.2, 0.25) is 10.0 Å². The molecule has 10 heteroatoms. The normalized spacial score (nSPS) is 13.4. The third-order valence-electron chi connectivity index (χ3n) is 3.77.